The number of amides is 1. The van der Waals surface area contributed by atoms with Gasteiger partial charge in [-0.3, -0.25) is 14.5 Å². The third kappa shape index (κ3) is 4.33. The summed E-state index contributed by atoms with van der Waals surface area (Å²) in [5.74, 6) is 0.129. The Kier molecular flexibility index (Phi) is 5.16. The summed E-state index contributed by atoms with van der Waals surface area (Å²) >= 11 is 0. The van der Waals surface area contributed by atoms with Crippen molar-refractivity contribution < 1.29 is 18.0 Å². The molecule has 2 aromatic heterocycles. The van der Waals surface area contributed by atoms with Crippen molar-refractivity contribution in [2.75, 3.05) is 0 Å². The number of fused-ring (bicyclic) bond motifs is 1. The first-order chi connectivity index (χ1) is 15.8. The van der Waals surface area contributed by atoms with Crippen LogP contribution in [-0.2, 0) is 12.7 Å². The number of rotatable bonds is 4. The maximum Gasteiger partial charge on any atom is 0.433 e. The molecular weight excluding hydrogens is 431 g/mol. The van der Waals surface area contributed by atoms with E-state index in [2.05, 4.69) is 21.5 Å². The lowest BCUT2D eigenvalue weighted by molar-refractivity contribution is -0.141. The molecule has 1 atom stereocenters. The van der Waals surface area contributed by atoms with Crippen molar-refractivity contribution in [3.8, 4) is 17.3 Å². The van der Waals surface area contributed by atoms with Crippen LogP contribution in [-0.4, -0.2) is 20.7 Å². The van der Waals surface area contributed by atoms with E-state index in [1.807, 2.05) is 12.1 Å². The van der Waals surface area contributed by atoms with Crippen LogP contribution in [0.4, 0.5) is 13.2 Å². The zero-order valence-corrected chi connectivity index (χ0v) is 17.6. The number of alkyl halides is 3. The highest BCUT2D eigenvalue weighted by molar-refractivity contribution is 5.95. The molecule has 1 amide bonds. The second-order valence-corrected chi connectivity index (χ2v) is 8.50. The summed E-state index contributed by atoms with van der Waals surface area (Å²) in [6, 6.07) is 11.3. The van der Waals surface area contributed by atoms with Crippen LogP contribution in [0.15, 0.2) is 42.6 Å². The van der Waals surface area contributed by atoms with Gasteiger partial charge in [0.05, 0.1) is 29.1 Å². The van der Waals surface area contributed by atoms with E-state index in [0.29, 0.717) is 41.3 Å². The molecule has 0 radical (unpaired) electrons. The van der Waals surface area contributed by atoms with E-state index < -0.39 is 11.9 Å². The maximum absolute atomic E-state index is 13.1. The van der Waals surface area contributed by atoms with Crippen molar-refractivity contribution in [2.45, 2.75) is 50.4 Å². The Morgan fingerprint density at radius 3 is 2.70 bits per heavy atom. The number of carbonyl (C=O) groups excluding carboxylic acids is 1. The standard InChI is InChI=1S/C24H20F3N5O/c25-24(26,27)22-11-16(5-6-29-22)20-12-21-19(2-1-7-32(21)31-20)30-23(33)18-9-14(13-28)8-17(10-18)15-3-4-15/h5-6,8-12,15,19H,1-4,7H2,(H,30,33)/t19-/m0/s1. The van der Waals surface area contributed by atoms with Gasteiger partial charge in [0.2, 0.25) is 0 Å². The molecule has 0 spiro atoms. The number of nitrogens with zero attached hydrogens (tertiary/aromatic N) is 4. The first kappa shape index (κ1) is 21.2. The Morgan fingerprint density at radius 1 is 1.15 bits per heavy atom. The number of aryl methyl sites for hydroxylation is 1. The van der Waals surface area contributed by atoms with Crippen LogP contribution in [0, 0.1) is 11.3 Å². The monoisotopic (exact) mass is 451 g/mol. The smallest absolute Gasteiger partial charge is 0.344 e. The third-order valence-electron chi connectivity index (χ3n) is 6.08. The van der Waals surface area contributed by atoms with Crippen molar-refractivity contribution in [1.29, 1.82) is 5.26 Å². The molecule has 0 bridgehead atoms. The van der Waals surface area contributed by atoms with E-state index in [0.717, 1.165) is 42.8 Å². The molecular formula is C24H20F3N5O. The van der Waals surface area contributed by atoms with Gasteiger partial charge < -0.3 is 5.32 Å². The Bertz CT molecular complexity index is 1270. The van der Waals surface area contributed by atoms with Crippen LogP contribution in [0.2, 0.25) is 0 Å². The van der Waals surface area contributed by atoms with Gasteiger partial charge in [0.1, 0.15) is 5.69 Å². The molecule has 1 saturated carbocycles. The summed E-state index contributed by atoms with van der Waals surface area (Å²) in [5, 5.41) is 16.8. The molecule has 0 unspecified atom stereocenters. The average Bonchev–Trinajstić information content (AvgIpc) is 3.57. The normalized spacial score (nSPS) is 17.8. The Balaban J connectivity index is 1.41. The third-order valence-corrected chi connectivity index (χ3v) is 6.08. The lowest BCUT2D eigenvalue weighted by Crippen LogP contribution is -2.32. The Morgan fingerprint density at radius 2 is 1.97 bits per heavy atom. The molecule has 3 heterocycles. The topological polar surface area (TPSA) is 83.6 Å². The Labute approximate surface area is 188 Å². The first-order valence-corrected chi connectivity index (χ1v) is 10.8. The van der Waals surface area contributed by atoms with Crippen LogP contribution < -0.4 is 5.32 Å². The van der Waals surface area contributed by atoms with Gasteiger partial charge in [0.15, 0.2) is 0 Å². The highest BCUT2D eigenvalue weighted by Crippen LogP contribution is 2.40. The SMILES string of the molecule is N#Cc1cc(C(=O)N[C@H]2CCCn3nc(-c4ccnc(C(F)(F)F)c4)cc32)cc(C2CC2)c1. The molecule has 0 saturated heterocycles. The minimum atomic E-state index is -4.54. The summed E-state index contributed by atoms with van der Waals surface area (Å²) in [6.07, 6.45) is 0.166. The second kappa shape index (κ2) is 8.03. The summed E-state index contributed by atoms with van der Waals surface area (Å²) in [7, 11) is 0. The fourth-order valence-electron chi connectivity index (χ4n) is 4.26. The quantitative estimate of drug-likeness (QED) is 0.607. The maximum atomic E-state index is 13.1. The largest absolute Gasteiger partial charge is 0.433 e. The number of halogens is 3. The van der Waals surface area contributed by atoms with E-state index in [9.17, 15) is 23.2 Å². The second-order valence-electron chi connectivity index (χ2n) is 8.50. The van der Waals surface area contributed by atoms with Crippen molar-refractivity contribution in [3.63, 3.8) is 0 Å². The number of nitriles is 1. The number of benzene rings is 1. The first-order valence-electron chi connectivity index (χ1n) is 10.8. The highest BCUT2D eigenvalue weighted by atomic mass is 19.4. The van der Waals surface area contributed by atoms with Crippen LogP contribution in [0.1, 0.15) is 70.5 Å². The molecule has 5 rings (SSSR count). The lowest BCUT2D eigenvalue weighted by Gasteiger charge is -2.24. The van der Waals surface area contributed by atoms with E-state index in [-0.39, 0.29) is 11.9 Å². The van der Waals surface area contributed by atoms with Crippen LogP contribution >= 0.6 is 0 Å². The van der Waals surface area contributed by atoms with E-state index in [4.69, 9.17) is 0 Å². The number of hydrogen-bond acceptors (Lipinski definition) is 4. The highest BCUT2D eigenvalue weighted by Gasteiger charge is 2.33. The van der Waals surface area contributed by atoms with Gasteiger partial charge in [-0.2, -0.15) is 23.5 Å². The number of nitrogens with one attached hydrogen (secondary N) is 1. The zero-order chi connectivity index (χ0) is 23.2. The molecule has 1 fully saturated rings. The lowest BCUT2D eigenvalue weighted by atomic mass is 10.00. The van der Waals surface area contributed by atoms with Gasteiger partial charge in [-0.05, 0) is 73.6 Å². The number of carbonyl (C=O) groups is 1. The molecule has 33 heavy (non-hydrogen) atoms. The Hall–Kier alpha value is -3.67. The van der Waals surface area contributed by atoms with Crippen LogP contribution in [0.5, 0.6) is 0 Å². The molecule has 1 aromatic carbocycles. The molecule has 168 valence electrons. The molecule has 1 aliphatic heterocycles. The van der Waals surface area contributed by atoms with Gasteiger partial charge in [0.25, 0.3) is 5.91 Å². The molecule has 2 aliphatic rings. The number of hydrogen-bond donors (Lipinski definition) is 1. The number of pyridine rings is 1. The van der Waals surface area contributed by atoms with E-state index in [1.165, 1.54) is 6.07 Å². The fraction of sp³-hybridized carbons (Fsp3) is 0.333. The summed E-state index contributed by atoms with van der Waals surface area (Å²) in [6.45, 7) is 0.620. The number of aromatic nitrogens is 3. The molecule has 9 heteroatoms. The van der Waals surface area contributed by atoms with Crippen molar-refractivity contribution in [2.24, 2.45) is 0 Å². The van der Waals surface area contributed by atoms with Gasteiger partial charge in [-0.25, -0.2) is 0 Å². The predicted octanol–water partition coefficient (Wildman–Crippen LogP) is 4.98. The minimum Gasteiger partial charge on any atom is -0.344 e. The van der Waals surface area contributed by atoms with Gasteiger partial charge in [-0.1, -0.05) is 0 Å². The van der Waals surface area contributed by atoms with Gasteiger partial charge >= 0.3 is 6.18 Å². The predicted molar refractivity (Wildman–Crippen MR) is 113 cm³/mol. The van der Waals surface area contributed by atoms with Crippen molar-refractivity contribution in [3.05, 3.63) is 70.7 Å². The summed E-state index contributed by atoms with van der Waals surface area (Å²) < 4.78 is 40.9. The zero-order valence-electron chi connectivity index (χ0n) is 17.6. The van der Waals surface area contributed by atoms with Crippen LogP contribution in [0.25, 0.3) is 11.3 Å². The van der Waals surface area contributed by atoms with Gasteiger partial charge in [0, 0.05) is 23.9 Å². The fourth-order valence-corrected chi connectivity index (χ4v) is 4.26. The van der Waals surface area contributed by atoms with Crippen LogP contribution in [0.3, 0.4) is 0 Å². The minimum absolute atomic E-state index is 0.279. The van der Waals surface area contributed by atoms with E-state index >= 15 is 0 Å². The molecule has 1 aliphatic carbocycles. The summed E-state index contributed by atoms with van der Waals surface area (Å²) in [5.41, 5.74) is 2.40. The van der Waals surface area contributed by atoms with Crippen molar-refractivity contribution >= 4 is 5.91 Å². The molecule has 1 N–H and O–H groups in total. The average molecular weight is 451 g/mol. The van der Waals surface area contributed by atoms with E-state index in [1.54, 1.807) is 16.8 Å². The summed E-state index contributed by atoms with van der Waals surface area (Å²) in [4.78, 5) is 16.4. The molecule has 3 aromatic rings. The molecule has 6 nitrogen and oxygen atoms in total. The van der Waals surface area contributed by atoms with Crippen molar-refractivity contribution in [1.82, 2.24) is 20.1 Å². The van der Waals surface area contributed by atoms with Gasteiger partial charge in [-0.15, -0.1) is 0 Å².